The van der Waals surface area contributed by atoms with Gasteiger partial charge in [0.05, 0.1) is 0 Å². The monoisotopic (exact) mass is 257 g/mol. The van der Waals surface area contributed by atoms with Gasteiger partial charge in [0.2, 0.25) is 0 Å². The molecule has 6 heteroatoms. The van der Waals surface area contributed by atoms with Crippen LogP contribution in [0.1, 0.15) is 26.7 Å². The van der Waals surface area contributed by atoms with Crippen LogP contribution in [-0.4, -0.2) is 65.7 Å². The molecule has 2 atom stereocenters. The Hall–Kier alpha value is -1.30. The molecule has 0 aliphatic carbocycles. The molecule has 0 aromatic rings. The van der Waals surface area contributed by atoms with E-state index in [1.54, 1.807) is 11.8 Å². The van der Waals surface area contributed by atoms with Crippen LogP contribution in [-0.2, 0) is 4.79 Å². The number of carboxylic acids is 1. The summed E-state index contributed by atoms with van der Waals surface area (Å²) in [5.41, 5.74) is 0. The molecule has 0 saturated carbocycles. The zero-order valence-corrected chi connectivity index (χ0v) is 11.3. The number of likely N-dealkylation sites (N-methyl/N-ethyl adjacent to an activating group) is 1. The topological polar surface area (TPSA) is 72.9 Å². The first-order valence-corrected chi connectivity index (χ1v) is 6.44. The molecule has 2 N–H and O–H groups in total. The standard InChI is InChI=1S/C12H23N3O3/c1-4-10(11(16)17)13-12(18)15-7-5-6-14(3)8-9(15)2/h9-10H,4-8H2,1-3H3,(H,13,18)(H,16,17)/t9?,10-/m0/s1. The Morgan fingerprint density at radius 1 is 1.44 bits per heavy atom. The second kappa shape index (κ2) is 6.58. The smallest absolute Gasteiger partial charge is 0.326 e. The van der Waals surface area contributed by atoms with Crippen LogP contribution in [0.25, 0.3) is 0 Å². The predicted molar refractivity (Wildman–Crippen MR) is 68.5 cm³/mol. The van der Waals surface area contributed by atoms with Crippen molar-refractivity contribution in [3.8, 4) is 0 Å². The predicted octanol–water partition coefficient (Wildman–Crippen LogP) is 0.585. The van der Waals surface area contributed by atoms with E-state index in [1.165, 1.54) is 0 Å². The molecule has 2 amide bonds. The molecule has 1 saturated heterocycles. The van der Waals surface area contributed by atoms with Gasteiger partial charge in [-0.05, 0) is 33.4 Å². The summed E-state index contributed by atoms with van der Waals surface area (Å²) in [6.07, 6.45) is 1.31. The number of aliphatic carboxylic acids is 1. The lowest BCUT2D eigenvalue weighted by molar-refractivity contribution is -0.139. The van der Waals surface area contributed by atoms with Gasteiger partial charge in [0.1, 0.15) is 6.04 Å². The Labute approximate surface area is 108 Å². The van der Waals surface area contributed by atoms with Gasteiger partial charge in [-0.2, -0.15) is 0 Å². The molecule has 0 aromatic carbocycles. The highest BCUT2D eigenvalue weighted by Gasteiger charge is 2.26. The van der Waals surface area contributed by atoms with E-state index in [-0.39, 0.29) is 12.1 Å². The Morgan fingerprint density at radius 3 is 2.67 bits per heavy atom. The Kier molecular flexibility index (Phi) is 5.40. The number of carbonyl (C=O) groups is 2. The molecule has 0 radical (unpaired) electrons. The quantitative estimate of drug-likeness (QED) is 0.776. The molecule has 1 heterocycles. The van der Waals surface area contributed by atoms with E-state index in [0.29, 0.717) is 13.0 Å². The number of urea groups is 1. The van der Waals surface area contributed by atoms with E-state index >= 15 is 0 Å². The molecule has 0 aromatic heterocycles. The largest absolute Gasteiger partial charge is 0.480 e. The molecule has 0 bridgehead atoms. The van der Waals surface area contributed by atoms with Crippen LogP contribution in [0.15, 0.2) is 0 Å². The van der Waals surface area contributed by atoms with Crippen LogP contribution in [0, 0.1) is 0 Å². The zero-order valence-electron chi connectivity index (χ0n) is 11.3. The third-order valence-corrected chi connectivity index (χ3v) is 3.31. The summed E-state index contributed by atoms with van der Waals surface area (Å²) in [6, 6.07) is -0.971. The van der Waals surface area contributed by atoms with Crippen LogP contribution in [0.5, 0.6) is 0 Å². The van der Waals surface area contributed by atoms with Crippen LogP contribution >= 0.6 is 0 Å². The SMILES string of the molecule is CC[C@H](NC(=O)N1CCCN(C)CC1C)C(=O)O. The summed E-state index contributed by atoms with van der Waals surface area (Å²) >= 11 is 0. The maximum atomic E-state index is 12.1. The number of carboxylic acid groups (broad SMARTS) is 1. The van der Waals surface area contributed by atoms with Gasteiger partial charge < -0.3 is 20.2 Å². The lowest BCUT2D eigenvalue weighted by Crippen LogP contribution is -2.51. The minimum Gasteiger partial charge on any atom is -0.480 e. The first-order chi connectivity index (χ1) is 8.45. The first kappa shape index (κ1) is 14.8. The third kappa shape index (κ3) is 3.87. The van der Waals surface area contributed by atoms with Crippen molar-refractivity contribution in [3.63, 3.8) is 0 Å². The van der Waals surface area contributed by atoms with Crippen molar-refractivity contribution in [2.75, 3.05) is 26.7 Å². The molecule has 6 nitrogen and oxygen atoms in total. The number of hydrogen-bond donors (Lipinski definition) is 2. The van der Waals surface area contributed by atoms with Gasteiger partial charge in [0, 0.05) is 19.1 Å². The van der Waals surface area contributed by atoms with Gasteiger partial charge in [-0.25, -0.2) is 9.59 Å². The van der Waals surface area contributed by atoms with E-state index in [2.05, 4.69) is 10.2 Å². The normalized spacial score (nSPS) is 23.3. The Balaban J connectivity index is 2.61. The molecule has 1 aliphatic heterocycles. The van der Waals surface area contributed by atoms with Crippen LogP contribution in [0.4, 0.5) is 4.79 Å². The number of nitrogens with zero attached hydrogens (tertiary/aromatic N) is 2. The van der Waals surface area contributed by atoms with E-state index in [1.807, 2.05) is 14.0 Å². The van der Waals surface area contributed by atoms with Crippen molar-refractivity contribution in [1.82, 2.24) is 15.1 Å². The summed E-state index contributed by atoms with van der Waals surface area (Å²) in [5.74, 6) is -0.981. The Bertz CT molecular complexity index is 309. The molecule has 1 unspecified atom stereocenters. The fourth-order valence-corrected chi connectivity index (χ4v) is 2.24. The highest BCUT2D eigenvalue weighted by molar-refractivity contribution is 5.82. The van der Waals surface area contributed by atoms with E-state index in [4.69, 9.17) is 5.11 Å². The molecule has 1 rings (SSSR count). The third-order valence-electron chi connectivity index (χ3n) is 3.31. The van der Waals surface area contributed by atoms with E-state index in [0.717, 1.165) is 19.5 Å². The van der Waals surface area contributed by atoms with Crippen molar-refractivity contribution in [2.24, 2.45) is 0 Å². The minimum absolute atomic E-state index is 0.101. The number of hydrogen-bond acceptors (Lipinski definition) is 3. The van der Waals surface area contributed by atoms with E-state index in [9.17, 15) is 9.59 Å². The van der Waals surface area contributed by atoms with Gasteiger partial charge in [0.15, 0.2) is 0 Å². The summed E-state index contributed by atoms with van der Waals surface area (Å²) in [7, 11) is 2.03. The molecule has 104 valence electrons. The highest BCUT2D eigenvalue weighted by Crippen LogP contribution is 2.09. The zero-order chi connectivity index (χ0) is 13.7. The molecule has 0 spiro atoms. The van der Waals surface area contributed by atoms with Crippen molar-refractivity contribution >= 4 is 12.0 Å². The summed E-state index contributed by atoms with van der Waals surface area (Å²) in [4.78, 5) is 26.9. The van der Waals surface area contributed by atoms with Crippen LogP contribution < -0.4 is 5.32 Å². The number of carbonyl (C=O) groups excluding carboxylic acids is 1. The van der Waals surface area contributed by atoms with Gasteiger partial charge in [-0.3, -0.25) is 0 Å². The van der Waals surface area contributed by atoms with Crippen molar-refractivity contribution in [3.05, 3.63) is 0 Å². The summed E-state index contributed by atoms with van der Waals surface area (Å²) in [6.45, 7) is 6.19. The number of amides is 2. The summed E-state index contributed by atoms with van der Waals surface area (Å²) < 4.78 is 0. The average molecular weight is 257 g/mol. The number of rotatable bonds is 3. The molecule has 1 aliphatic rings. The highest BCUT2D eigenvalue weighted by atomic mass is 16.4. The minimum atomic E-state index is -0.981. The van der Waals surface area contributed by atoms with Crippen LogP contribution in [0.2, 0.25) is 0 Å². The van der Waals surface area contributed by atoms with Gasteiger partial charge in [-0.15, -0.1) is 0 Å². The fourth-order valence-electron chi connectivity index (χ4n) is 2.24. The van der Waals surface area contributed by atoms with Crippen molar-refractivity contribution in [1.29, 1.82) is 0 Å². The fraction of sp³-hybridized carbons (Fsp3) is 0.833. The van der Waals surface area contributed by atoms with Gasteiger partial charge >= 0.3 is 12.0 Å². The summed E-state index contributed by atoms with van der Waals surface area (Å²) in [5, 5.41) is 11.5. The van der Waals surface area contributed by atoms with E-state index < -0.39 is 12.0 Å². The van der Waals surface area contributed by atoms with Gasteiger partial charge in [0.25, 0.3) is 0 Å². The second-order valence-corrected chi connectivity index (χ2v) is 4.91. The molecular formula is C12H23N3O3. The van der Waals surface area contributed by atoms with Crippen molar-refractivity contribution in [2.45, 2.75) is 38.8 Å². The van der Waals surface area contributed by atoms with Crippen molar-refractivity contribution < 1.29 is 14.7 Å². The number of nitrogens with one attached hydrogen (secondary N) is 1. The van der Waals surface area contributed by atoms with Crippen LogP contribution in [0.3, 0.4) is 0 Å². The lowest BCUT2D eigenvalue weighted by Gasteiger charge is -2.29. The second-order valence-electron chi connectivity index (χ2n) is 4.91. The maximum Gasteiger partial charge on any atom is 0.326 e. The lowest BCUT2D eigenvalue weighted by atomic mass is 10.2. The average Bonchev–Trinajstić information content (AvgIpc) is 2.46. The molecular weight excluding hydrogens is 234 g/mol. The first-order valence-electron chi connectivity index (χ1n) is 6.44. The Morgan fingerprint density at radius 2 is 2.11 bits per heavy atom. The molecule has 18 heavy (non-hydrogen) atoms. The van der Waals surface area contributed by atoms with Gasteiger partial charge in [-0.1, -0.05) is 6.92 Å². The maximum absolute atomic E-state index is 12.1. The molecule has 1 fully saturated rings.